The summed E-state index contributed by atoms with van der Waals surface area (Å²) in [4.78, 5) is 36.4. The third-order valence-electron chi connectivity index (χ3n) is 3.93. The summed E-state index contributed by atoms with van der Waals surface area (Å²) in [6, 6.07) is 10.2. The van der Waals surface area contributed by atoms with Crippen molar-refractivity contribution in [2.45, 2.75) is 6.92 Å². The Labute approximate surface area is 148 Å². The van der Waals surface area contributed by atoms with Crippen molar-refractivity contribution in [3.05, 3.63) is 65.6 Å². The quantitative estimate of drug-likeness (QED) is 0.731. The van der Waals surface area contributed by atoms with Gasteiger partial charge in [0.15, 0.2) is 0 Å². The molecule has 1 aromatic heterocycles. The summed E-state index contributed by atoms with van der Waals surface area (Å²) in [5.74, 6) is -1.98. The molecule has 0 aliphatic heterocycles. The summed E-state index contributed by atoms with van der Waals surface area (Å²) in [5, 5.41) is 3.07. The van der Waals surface area contributed by atoms with E-state index in [0.717, 1.165) is 0 Å². The van der Waals surface area contributed by atoms with Gasteiger partial charge in [0, 0.05) is 18.5 Å². The Morgan fingerprint density at radius 1 is 1.08 bits per heavy atom. The summed E-state index contributed by atoms with van der Waals surface area (Å²) in [6.45, 7) is 1.32. The fourth-order valence-electron chi connectivity index (χ4n) is 2.71. The van der Waals surface area contributed by atoms with E-state index in [1.54, 1.807) is 18.2 Å². The first kappa shape index (κ1) is 17.3. The number of carbonyl (C=O) groups excluding carboxylic acids is 3. The lowest BCUT2D eigenvalue weighted by Crippen LogP contribution is -2.15. The molecule has 1 heterocycles. The molecule has 1 amide bonds. The van der Waals surface area contributed by atoms with Crippen LogP contribution in [0.25, 0.3) is 10.9 Å². The van der Waals surface area contributed by atoms with E-state index in [2.05, 4.69) is 5.32 Å². The molecule has 2 aromatic carbocycles. The molecule has 0 saturated heterocycles. The number of para-hydroxylation sites is 1. The van der Waals surface area contributed by atoms with Gasteiger partial charge >= 0.3 is 5.97 Å². The number of nitrogens with one attached hydrogen (secondary N) is 1. The van der Waals surface area contributed by atoms with Gasteiger partial charge in [0.1, 0.15) is 5.82 Å². The Balaban J connectivity index is 2.05. The van der Waals surface area contributed by atoms with Crippen LogP contribution in [0.4, 0.5) is 10.1 Å². The molecule has 0 unspecified atom stereocenters. The Hall–Kier alpha value is -3.48. The summed E-state index contributed by atoms with van der Waals surface area (Å²) in [6.07, 6.45) is 1.35. The van der Waals surface area contributed by atoms with Gasteiger partial charge in [-0.05, 0) is 30.3 Å². The molecule has 3 aromatic rings. The van der Waals surface area contributed by atoms with Crippen LogP contribution in [0.1, 0.15) is 32.4 Å². The Morgan fingerprint density at radius 3 is 2.50 bits per heavy atom. The normalized spacial score (nSPS) is 10.6. The van der Waals surface area contributed by atoms with E-state index in [0.29, 0.717) is 10.9 Å². The number of rotatable bonds is 3. The fraction of sp³-hybridized carbons (Fsp3) is 0.105. The number of carbonyl (C=O) groups is 3. The van der Waals surface area contributed by atoms with Gasteiger partial charge < -0.3 is 10.1 Å². The molecule has 1 N–H and O–H groups in total. The molecule has 6 nitrogen and oxygen atoms in total. The van der Waals surface area contributed by atoms with Gasteiger partial charge in [-0.3, -0.25) is 14.2 Å². The number of hydrogen-bond donors (Lipinski definition) is 1. The number of benzene rings is 2. The highest BCUT2D eigenvalue weighted by molar-refractivity contribution is 6.15. The van der Waals surface area contributed by atoms with Crippen molar-refractivity contribution < 1.29 is 23.5 Å². The molecule has 0 aliphatic carbocycles. The van der Waals surface area contributed by atoms with Crippen molar-refractivity contribution in [1.82, 2.24) is 4.57 Å². The van der Waals surface area contributed by atoms with Crippen molar-refractivity contribution in [3.8, 4) is 0 Å². The molecule has 0 fully saturated rings. The zero-order valence-electron chi connectivity index (χ0n) is 14.1. The van der Waals surface area contributed by atoms with E-state index in [-0.39, 0.29) is 22.7 Å². The maximum absolute atomic E-state index is 13.5. The predicted molar refractivity (Wildman–Crippen MR) is 93.9 cm³/mol. The molecule has 3 rings (SSSR count). The van der Waals surface area contributed by atoms with Gasteiger partial charge in [-0.2, -0.15) is 0 Å². The monoisotopic (exact) mass is 354 g/mol. The molecule has 0 saturated carbocycles. The van der Waals surface area contributed by atoms with Crippen molar-refractivity contribution in [3.63, 3.8) is 0 Å². The van der Waals surface area contributed by atoms with Crippen LogP contribution in [-0.2, 0) is 4.74 Å². The summed E-state index contributed by atoms with van der Waals surface area (Å²) in [5.41, 5.74) is 0.957. The van der Waals surface area contributed by atoms with Crippen LogP contribution in [0.3, 0.4) is 0 Å². The smallest absolute Gasteiger partial charge is 0.339 e. The number of hydrogen-bond acceptors (Lipinski definition) is 4. The summed E-state index contributed by atoms with van der Waals surface area (Å²) >= 11 is 0. The number of aromatic nitrogens is 1. The molecule has 0 atom stereocenters. The third-order valence-corrected chi connectivity index (χ3v) is 3.93. The molecule has 26 heavy (non-hydrogen) atoms. The standard InChI is InChI=1S/C19H15FN2O4/c1-11(23)22-10-15(13-8-7-12(20)9-17(13)22)18(24)21-16-6-4-3-5-14(16)19(25)26-2/h3-10H,1-2H3,(H,21,24). The van der Waals surface area contributed by atoms with E-state index < -0.39 is 17.7 Å². The molecular formula is C19H15FN2O4. The number of methoxy groups -OCH3 is 1. The van der Waals surface area contributed by atoms with Crippen LogP contribution in [0, 0.1) is 5.82 Å². The van der Waals surface area contributed by atoms with Crippen molar-refractivity contribution in [2.75, 3.05) is 12.4 Å². The van der Waals surface area contributed by atoms with Gasteiger partial charge in [-0.1, -0.05) is 12.1 Å². The van der Waals surface area contributed by atoms with Crippen molar-refractivity contribution in [1.29, 1.82) is 0 Å². The average Bonchev–Trinajstić information content (AvgIpc) is 3.00. The second-order valence-corrected chi connectivity index (χ2v) is 5.58. The lowest BCUT2D eigenvalue weighted by Gasteiger charge is -2.09. The Morgan fingerprint density at radius 2 is 1.81 bits per heavy atom. The molecule has 7 heteroatoms. The Bertz CT molecular complexity index is 1040. The zero-order valence-corrected chi connectivity index (χ0v) is 14.1. The van der Waals surface area contributed by atoms with E-state index in [1.807, 2.05) is 0 Å². The summed E-state index contributed by atoms with van der Waals surface area (Å²) in [7, 11) is 1.25. The number of esters is 1. The number of ether oxygens (including phenoxy) is 1. The first-order valence-corrected chi connectivity index (χ1v) is 7.72. The molecular weight excluding hydrogens is 339 g/mol. The number of halogens is 1. The number of anilines is 1. The zero-order chi connectivity index (χ0) is 18.8. The minimum Gasteiger partial charge on any atom is -0.465 e. The maximum Gasteiger partial charge on any atom is 0.339 e. The number of nitrogens with zero attached hydrogens (tertiary/aromatic N) is 1. The Kier molecular flexibility index (Phi) is 4.53. The van der Waals surface area contributed by atoms with Crippen LogP contribution < -0.4 is 5.32 Å². The van der Waals surface area contributed by atoms with E-state index in [9.17, 15) is 18.8 Å². The molecule has 132 valence electrons. The molecule has 0 bridgehead atoms. The SMILES string of the molecule is COC(=O)c1ccccc1NC(=O)c1cn(C(C)=O)c2cc(F)ccc12. The highest BCUT2D eigenvalue weighted by Crippen LogP contribution is 2.24. The van der Waals surface area contributed by atoms with E-state index >= 15 is 0 Å². The minimum atomic E-state index is -0.589. The van der Waals surface area contributed by atoms with Crippen LogP contribution in [0.15, 0.2) is 48.7 Å². The second kappa shape index (κ2) is 6.79. The maximum atomic E-state index is 13.5. The lowest BCUT2D eigenvalue weighted by molar-refractivity contribution is 0.0601. The predicted octanol–water partition coefficient (Wildman–Crippen LogP) is 3.48. The average molecular weight is 354 g/mol. The number of amides is 1. The first-order chi connectivity index (χ1) is 12.4. The third kappa shape index (κ3) is 3.06. The van der Waals surface area contributed by atoms with Gasteiger partial charge in [-0.15, -0.1) is 0 Å². The molecule has 0 radical (unpaired) electrons. The van der Waals surface area contributed by atoms with E-state index in [4.69, 9.17) is 4.74 Å². The van der Waals surface area contributed by atoms with Gasteiger partial charge in [0.25, 0.3) is 5.91 Å². The first-order valence-electron chi connectivity index (χ1n) is 7.72. The van der Waals surface area contributed by atoms with Crippen LogP contribution in [0.2, 0.25) is 0 Å². The molecule has 0 aliphatic rings. The summed E-state index contributed by atoms with van der Waals surface area (Å²) < 4.78 is 19.5. The van der Waals surface area contributed by atoms with Crippen LogP contribution in [0.5, 0.6) is 0 Å². The van der Waals surface area contributed by atoms with E-state index in [1.165, 1.54) is 49.1 Å². The second-order valence-electron chi connectivity index (χ2n) is 5.58. The highest BCUT2D eigenvalue weighted by atomic mass is 19.1. The molecule has 0 spiro atoms. The lowest BCUT2D eigenvalue weighted by atomic mass is 10.1. The topological polar surface area (TPSA) is 77.4 Å². The van der Waals surface area contributed by atoms with Gasteiger partial charge in [0.05, 0.1) is 29.4 Å². The van der Waals surface area contributed by atoms with Gasteiger partial charge in [0.2, 0.25) is 5.91 Å². The highest BCUT2D eigenvalue weighted by Gasteiger charge is 2.19. The van der Waals surface area contributed by atoms with Crippen LogP contribution in [-0.4, -0.2) is 29.5 Å². The van der Waals surface area contributed by atoms with Gasteiger partial charge in [-0.25, -0.2) is 9.18 Å². The van der Waals surface area contributed by atoms with Crippen molar-refractivity contribution in [2.24, 2.45) is 0 Å². The minimum absolute atomic E-state index is 0.190. The largest absolute Gasteiger partial charge is 0.465 e. The fourth-order valence-corrected chi connectivity index (χ4v) is 2.71. The number of fused-ring (bicyclic) bond motifs is 1. The van der Waals surface area contributed by atoms with Crippen molar-refractivity contribution >= 4 is 34.4 Å². The van der Waals surface area contributed by atoms with Crippen LogP contribution >= 0.6 is 0 Å².